The van der Waals surface area contributed by atoms with Crippen LogP contribution in [0, 0.1) is 5.82 Å². The van der Waals surface area contributed by atoms with Gasteiger partial charge in [-0.3, -0.25) is 9.59 Å². The molecule has 4 nitrogen and oxygen atoms in total. The first-order chi connectivity index (χ1) is 9.79. The Labute approximate surface area is 128 Å². The summed E-state index contributed by atoms with van der Waals surface area (Å²) in [6.45, 7) is 5.39. The molecule has 2 amide bonds. The molecule has 2 rings (SSSR count). The van der Waals surface area contributed by atoms with Gasteiger partial charge in [0, 0.05) is 6.54 Å². The molecule has 1 aliphatic heterocycles. The van der Waals surface area contributed by atoms with Crippen LogP contribution >= 0.6 is 11.6 Å². The van der Waals surface area contributed by atoms with Crippen LogP contribution in [-0.4, -0.2) is 28.3 Å². The molecular weight excluding hydrogens is 295 g/mol. The number of hydrogen-bond acceptors (Lipinski definition) is 2. The van der Waals surface area contributed by atoms with E-state index < -0.39 is 17.4 Å². The van der Waals surface area contributed by atoms with Crippen molar-refractivity contribution in [1.82, 2.24) is 10.2 Å². The number of carbonyl (C=O) groups excluding carboxylic acids is 2. The first-order valence-electron chi connectivity index (χ1n) is 6.86. The van der Waals surface area contributed by atoms with E-state index in [1.165, 1.54) is 17.0 Å². The lowest BCUT2D eigenvalue weighted by Gasteiger charge is -2.45. The van der Waals surface area contributed by atoms with E-state index in [-0.39, 0.29) is 23.4 Å². The quantitative estimate of drug-likeness (QED) is 0.932. The first-order valence-corrected chi connectivity index (χ1v) is 7.23. The smallest absolute Gasteiger partial charge is 0.246 e. The van der Waals surface area contributed by atoms with Crippen molar-refractivity contribution in [1.29, 1.82) is 0 Å². The molecule has 2 unspecified atom stereocenters. The van der Waals surface area contributed by atoms with E-state index in [4.69, 9.17) is 11.6 Å². The largest absolute Gasteiger partial charge is 0.343 e. The number of hydrogen-bond donors (Lipinski definition) is 1. The van der Waals surface area contributed by atoms with Gasteiger partial charge in [0.15, 0.2) is 0 Å². The van der Waals surface area contributed by atoms with Crippen LogP contribution in [0.5, 0.6) is 0 Å². The summed E-state index contributed by atoms with van der Waals surface area (Å²) in [6, 6.07) is 3.83. The molecule has 1 aromatic rings. The van der Waals surface area contributed by atoms with Crippen LogP contribution < -0.4 is 5.32 Å². The van der Waals surface area contributed by atoms with E-state index >= 15 is 0 Å². The third-order valence-electron chi connectivity index (χ3n) is 4.08. The summed E-state index contributed by atoms with van der Waals surface area (Å²) in [5, 5.41) is 2.72. The number of halogens is 2. The van der Waals surface area contributed by atoms with E-state index in [1.807, 2.05) is 6.92 Å². The maximum absolute atomic E-state index is 13.5. The molecule has 114 valence electrons. The second-order valence-corrected chi connectivity index (χ2v) is 5.90. The molecule has 0 spiro atoms. The van der Waals surface area contributed by atoms with Crippen molar-refractivity contribution in [3.8, 4) is 0 Å². The fourth-order valence-corrected chi connectivity index (χ4v) is 2.56. The Bertz CT molecular complexity index is 593. The zero-order valence-corrected chi connectivity index (χ0v) is 13.0. The zero-order chi connectivity index (χ0) is 15.8. The second kappa shape index (κ2) is 5.64. The molecule has 21 heavy (non-hydrogen) atoms. The van der Waals surface area contributed by atoms with Gasteiger partial charge in [0.25, 0.3) is 0 Å². The standard InChI is InChI=1S/C15H18ClFN2O2/c1-4-15(3)14(21)18-9(2)13(20)19(15)8-10-5-6-11(16)12(17)7-10/h5-7,9H,4,8H2,1-3H3,(H,18,21). The fourth-order valence-electron chi connectivity index (χ4n) is 2.44. The Balaban J connectivity index is 2.35. The van der Waals surface area contributed by atoms with Crippen molar-refractivity contribution in [2.24, 2.45) is 0 Å². The van der Waals surface area contributed by atoms with Crippen LogP contribution in [0.2, 0.25) is 5.02 Å². The minimum absolute atomic E-state index is 0.0353. The third kappa shape index (κ3) is 2.75. The number of nitrogens with one attached hydrogen (secondary N) is 1. The van der Waals surface area contributed by atoms with Crippen LogP contribution in [0.15, 0.2) is 18.2 Å². The molecule has 0 radical (unpaired) electrons. The maximum atomic E-state index is 13.5. The highest BCUT2D eigenvalue weighted by molar-refractivity contribution is 6.30. The number of carbonyl (C=O) groups is 2. The lowest BCUT2D eigenvalue weighted by atomic mass is 9.90. The molecule has 1 N–H and O–H groups in total. The van der Waals surface area contributed by atoms with Crippen LogP contribution in [0.25, 0.3) is 0 Å². The van der Waals surface area contributed by atoms with Gasteiger partial charge in [-0.05, 0) is 38.0 Å². The first kappa shape index (κ1) is 15.8. The highest BCUT2D eigenvalue weighted by Crippen LogP contribution is 2.27. The fraction of sp³-hybridized carbons (Fsp3) is 0.467. The van der Waals surface area contributed by atoms with Crippen LogP contribution in [0.3, 0.4) is 0 Å². The van der Waals surface area contributed by atoms with Gasteiger partial charge in [0.1, 0.15) is 17.4 Å². The lowest BCUT2D eigenvalue weighted by Crippen LogP contribution is -2.68. The van der Waals surface area contributed by atoms with Crippen molar-refractivity contribution in [3.05, 3.63) is 34.6 Å². The topological polar surface area (TPSA) is 49.4 Å². The Morgan fingerprint density at radius 3 is 2.67 bits per heavy atom. The van der Waals surface area contributed by atoms with Gasteiger partial charge in [-0.1, -0.05) is 24.6 Å². The molecule has 1 fully saturated rings. The Kier molecular flexibility index (Phi) is 4.23. The molecule has 1 saturated heterocycles. The molecule has 1 heterocycles. The monoisotopic (exact) mass is 312 g/mol. The van der Waals surface area contributed by atoms with E-state index in [2.05, 4.69) is 5.32 Å². The minimum Gasteiger partial charge on any atom is -0.343 e. The molecule has 1 aromatic carbocycles. The lowest BCUT2D eigenvalue weighted by molar-refractivity contribution is -0.157. The third-order valence-corrected chi connectivity index (χ3v) is 4.39. The van der Waals surface area contributed by atoms with Gasteiger partial charge in [0.05, 0.1) is 5.02 Å². The van der Waals surface area contributed by atoms with Crippen LogP contribution in [-0.2, 0) is 16.1 Å². The van der Waals surface area contributed by atoms with Crippen molar-refractivity contribution >= 4 is 23.4 Å². The zero-order valence-electron chi connectivity index (χ0n) is 12.2. The Hall–Kier alpha value is -1.62. The number of rotatable bonds is 3. The summed E-state index contributed by atoms with van der Waals surface area (Å²) in [5.41, 5.74) is -0.327. The van der Waals surface area contributed by atoms with Crippen LogP contribution in [0.1, 0.15) is 32.8 Å². The van der Waals surface area contributed by atoms with Gasteiger partial charge in [-0.15, -0.1) is 0 Å². The number of benzene rings is 1. The highest BCUT2D eigenvalue weighted by Gasteiger charge is 2.46. The Morgan fingerprint density at radius 1 is 1.43 bits per heavy atom. The van der Waals surface area contributed by atoms with E-state index in [0.29, 0.717) is 12.0 Å². The predicted molar refractivity (Wildman–Crippen MR) is 78.3 cm³/mol. The summed E-state index contributed by atoms with van der Waals surface area (Å²) in [4.78, 5) is 26.1. The van der Waals surface area contributed by atoms with Crippen molar-refractivity contribution < 1.29 is 14.0 Å². The van der Waals surface area contributed by atoms with E-state index in [9.17, 15) is 14.0 Å². The predicted octanol–water partition coefficient (Wildman–Crippen LogP) is 2.49. The van der Waals surface area contributed by atoms with Gasteiger partial charge in [-0.2, -0.15) is 0 Å². The SMILES string of the molecule is CCC1(C)C(=O)NC(C)C(=O)N1Cc1ccc(Cl)c(F)c1. The molecule has 2 atom stereocenters. The minimum atomic E-state index is -0.931. The Morgan fingerprint density at radius 2 is 2.10 bits per heavy atom. The van der Waals surface area contributed by atoms with Gasteiger partial charge in [-0.25, -0.2) is 4.39 Å². The van der Waals surface area contributed by atoms with Gasteiger partial charge < -0.3 is 10.2 Å². The molecule has 0 aromatic heterocycles. The number of amides is 2. The van der Waals surface area contributed by atoms with Gasteiger partial charge in [0.2, 0.25) is 11.8 Å². The molecule has 0 aliphatic carbocycles. The molecule has 1 aliphatic rings. The van der Waals surface area contributed by atoms with E-state index in [1.54, 1.807) is 19.9 Å². The van der Waals surface area contributed by atoms with Crippen LogP contribution in [0.4, 0.5) is 4.39 Å². The highest BCUT2D eigenvalue weighted by atomic mass is 35.5. The summed E-state index contributed by atoms with van der Waals surface area (Å²) in [6.07, 6.45) is 0.480. The van der Waals surface area contributed by atoms with Crippen molar-refractivity contribution in [2.45, 2.75) is 45.3 Å². The molecular formula is C15H18ClFN2O2. The normalized spacial score (nSPS) is 26.0. The number of piperazine rings is 1. The number of nitrogens with zero attached hydrogens (tertiary/aromatic N) is 1. The summed E-state index contributed by atoms with van der Waals surface area (Å²) in [7, 11) is 0. The average molecular weight is 313 g/mol. The molecule has 0 saturated carbocycles. The molecule has 6 heteroatoms. The van der Waals surface area contributed by atoms with E-state index in [0.717, 1.165) is 0 Å². The summed E-state index contributed by atoms with van der Waals surface area (Å²) < 4.78 is 13.5. The van der Waals surface area contributed by atoms with Gasteiger partial charge >= 0.3 is 0 Å². The summed E-state index contributed by atoms with van der Waals surface area (Å²) >= 11 is 5.66. The summed E-state index contributed by atoms with van der Waals surface area (Å²) in [5.74, 6) is -0.893. The van der Waals surface area contributed by atoms with Crippen molar-refractivity contribution in [3.63, 3.8) is 0 Å². The second-order valence-electron chi connectivity index (χ2n) is 5.50. The molecule has 0 bridgehead atoms. The maximum Gasteiger partial charge on any atom is 0.246 e. The average Bonchev–Trinajstić information content (AvgIpc) is 2.45. The van der Waals surface area contributed by atoms with Crippen molar-refractivity contribution in [2.75, 3.05) is 0 Å².